The summed E-state index contributed by atoms with van der Waals surface area (Å²) in [7, 11) is 4.55. The molecule has 0 spiro atoms. The molecule has 0 aliphatic rings. The number of methoxy groups -OCH3 is 3. The number of anilines is 3. The van der Waals surface area contributed by atoms with Gasteiger partial charge in [0, 0.05) is 18.2 Å². The van der Waals surface area contributed by atoms with Crippen LogP contribution in [0, 0.1) is 5.82 Å². The van der Waals surface area contributed by atoms with Crippen molar-refractivity contribution in [1.29, 1.82) is 0 Å². The zero-order valence-electron chi connectivity index (χ0n) is 12.1. The average molecular weight is 292 g/mol. The fraction of sp³-hybridized carbons (Fsp3) is 0.200. The molecule has 0 atom stereocenters. The zero-order chi connectivity index (χ0) is 15.4. The van der Waals surface area contributed by atoms with Gasteiger partial charge in [0.2, 0.25) is 0 Å². The van der Waals surface area contributed by atoms with Gasteiger partial charge in [-0.25, -0.2) is 4.39 Å². The van der Waals surface area contributed by atoms with Crippen LogP contribution in [0.4, 0.5) is 21.5 Å². The predicted molar refractivity (Wildman–Crippen MR) is 80.2 cm³/mol. The lowest BCUT2D eigenvalue weighted by Crippen LogP contribution is -2.01. The van der Waals surface area contributed by atoms with Crippen LogP contribution >= 0.6 is 0 Å². The number of nitrogens with one attached hydrogen (secondary N) is 1. The highest BCUT2D eigenvalue weighted by Gasteiger charge is 2.11. The van der Waals surface area contributed by atoms with Gasteiger partial charge in [-0.1, -0.05) is 0 Å². The van der Waals surface area contributed by atoms with Gasteiger partial charge in [-0.05, 0) is 12.1 Å². The number of halogens is 1. The van der Waals surface area contributed by atoms with E-state index in [0.717, 1.165) is 0 Å². The number of ether oxygens (including phenoxy) is 3. The number of benzene rings is 2. The number of hydrogen-bond donors (Lipinski definition) is 2. The van der Waals surface area contributed by atoms with E-state index < -0.39 is 5.82 Å². The van der Waals surface area contributed by atoms with Gasteiger partial charge in [0.05, 0.1) is 38.4 Å². The molecule has 0 fully saturated rings. The molecule has 0 heterocycles. The summed E-state index contributed by atoms with van der Waals surface area (Å²) in [5.74, 6) is 1.13. The Labute approximate surface area is 122 Å². The molecule has 0 saturated heterocycles. The smallest absolute Gasteiger partial charge is 0.162 e. The lowest BCUT2D eigenvalue weighted by atomic mass is 10.2. The fourth-order valence-corrected chi connectivity index (χ4v) is 1.88. The molecule has 0 unspecified atom stereocenters. The summed E-state index contributed by atoms with van der Waals surface area (Å²) < 4.78 is 29.3. The van der Waals surface area contributed by atoms with E-state index >= 15 is 0 Å². The molecule has 5 nitrogen and oxygen atoms in total. The van der Waals surface area contributed by atoms with E-state index in [2.05, 4.69) is 5.32 Å². The highest BCUT2D eigenvalue weighted by Crippen LogP contribution is 2.37. The van der Waals surface area contributed by atoms with Crippen LogP contribution in [0.2, 0.25) is 0 Å². The molecule has 0 saturated carbocycles. The second-order valence-corrected chi connectivity index (χ2v) is 4.27. The van der Waals surface area contributed by atoms with Crippen molar-refractivity contribution in [2.24, 2.45) is 0 Å². The van der Waals surface area contributed by atoms with Crippen LogP contribution in [0.1, 0.15) is 0 Å². The Bertz CT molecular complexity index is 647. The zero-order valence-corrected chi connectivity index (χ0v) is 12.1. The number of nitrogen functional groups attached to an aromatic ring is 1. The lowest BCUT2D eigenvalue weighted by Gasteiger charge is -2.15. The third-order valence-corrected chi connectivity index (χ3v) is 3.00. The van der Waals surface area contributed by atoms with Gasteiger partial charge in [-0.3, -0.25) is 0 Å². The number of hydrogen-bond acceptors (Lipinski definition) is 5. The minimum absolute atomic E-state index is 0.258. The molecule has 0 radical (unpaired) electrons. The van der Waals surface area contributed by atoms with Crippen molar-refractivity contribution in [3.05, 3.63) is 36.1 Å². The largest absolute Gasteiger partial charge is 0.497 e. The van der Waals surface area contributed by atoms with E-state index in [1.807, 2.05) is 0 Å². The van der Waals surface area contributed by atoms with E-state index in [4.69, 9.17) is 19.9 Å². The van der Waals surface area contributed by atoms with Crippen molar-refractivity contribution in [2.45, 2.75) is 0 Å². The first-order chi connectivity index (χ1) is 10.1. The predicted octanol–water partition coefficient (Wildman–Crippen LogP) is 3.18. The van der Waals surface area contributed by atoms with Crippen LogP contribution in [0.3, 0.4) is 0 Å². The van der Waals surface area contributed by atoms with Crippen molar-refractivity contribution >= 4 is 17.1 Å². The quantitative estimate of drug-likeness (QED) is 0.829. The number of rotatable bonds is 5. The van der Waals surface area contributed by atoms with Gasteiger partial charge in [-0.15, -0.1) is 0 Å². The molecule has 0 bridgehead atoms. The van der Waals surface area contributed by atoms with E-state index in [0.29, 0.717) is 28.6 Å². The van der Waals surface area contributed by atoms with Gasteiger partial charge in [0.1, 0.15) is 11.6 Å². The van der Waals surface area contributed by atoms with Gasteiger partial charge in [0.25, 0.3) is 0 Å². The normalized spacial score (nSPS) is 10.1. The Kier molecular flexibility index (Phi) is 4.37. The Balaban J connectivity index is 2.39. The van der Waals surface area contributed by atoms with E-state index in [1.165, 1.54) is 27.4 Å². The molecule has 0 amide bonds. The molecule has 0 aliphatic heterocycles. The number of nitrogens with two attached hydrogens (primary N) is 1. The summed E-state index contributed by atoms with van der Waals surface area (Å²) in [6.45, 7) is 0. The van der Waals surface area contributed by atoms with Crippen molar-refractivity contribution in [2.75, 3.05) is 32.4 Å². The topological polar surface area (TPSA) is 65.7 Å². The van der Waals surface area contributed by atoms with E-state index in [-0.39, 0.29) is 5.69 Å². The summed E-state index contributed by atoms with van der Waals surface area (Å²) in [6.07, 6.45) is 0. The first kappa shape index (κ1) is 14.8. The first-order valence-electron chi connectivity index (χ1n) is 6.21. The van der Waals surface area contributed by atoms with Crippen LogP contribution in [0.15, 0.2) is 30.3 Å². The SMILES string of the molecule is COc1ccc(F)c(Nc2cc(OC)c(OC)cc2N)c1. The first-order valence-corrected chi connectivity index (χ1v) is 6.21. The van der Waals surface area contributed by atoms with Crippen molar-refractivity contribution in [1.82, 2.24) is 0 Å². The standard InChI is InChI=1S/C15H17FN2O3/c1-19-9-4-5-10(16)12(6-9)18-13-8-15(21-3)14(20-2)7-11(13)17/h4-8,18H,17H2,1-3H3. The average Bonchev–Trinajstić information content (AvgIpc) is 2.50. The third kappa shape index (κ3) is 3.10. The highest BCUT2D eigenvalue weighted by atomic mass is 19.1. The van der Waals surface area contributed by atoms with E-state index in [1.54, 1.807) is 24.3 Å². The molecule has 2 aromatic rings. The molecule has 21 heavy (non-hydrogen) atoms. The maximum absolute atomic E-state index is 13.8. The van der Waals surface area contributed by atoms with Gasteiger partial charge in [-0.2, -0.15) is 0 Å². The minimum Gasteiger partial charge on any atom is -0.497 e. The van der Waals surface area contributed by atoms with E-state index in [9.17, 15) is 4.39 Å². The van der Waals surface area contributed by atoms with Gasteiger partial charge >= 0.3 is 0 Å². The summed E-state index contributed by atoms with van der Waals surface area (Å²) >= 11 is 0. The molecule has 6 heteroatoms. The maximum Gasteiger partial charge on any atom is 0.162 e. The Morgan fingerprint density at radius 3 is 2.19 bits per heavy atom. The molecular weight excluding hydrogens is 275 g/mol. The summed E-state index contributed by atoms with van der Waals surface area (Å²) in [5, 5.41) is 2.93. The molecule has 3 N–H and O–H groups in total. The Morgan fingerprint density at radius 1 is 0.905 bits per heavy atom. The second-order valence-electron chi connectivity index (χ2n) is 4.27. The molecule has 112 valence electrons. The van der Waals surface area contributed by atoms with Gasteiger partial charge < -0.3 is 25.3 Å². The molecular formula is C15H17FN2O3. The Morgan fingerprint density at radius 2 is 1.57 bits per heavy atom. The molecule has 0 aliphatic carbocycles. The second kappa shape index (κ2) is 6.21. The van der Waals surface area contributed by atoms with Crippen molar-refractivity contribution in [3.8, 4) is 17.2 Å². The molecule has 0 aromatic heterocycles. The van der Waals surface area contributed by atoms with Crippen LogP contribution in [-0.4, -0.2) is 21.3 Å². The lowest BCUT2D eigenvalue weighted by molar-refractivity contribution is 0.355. The minimum atomic E-state index is -0.412. The van der Waals surface area contributed by atoms with Gasteiger partial charge in [0.15, 0.2) is 11.5 Å². The summed E-state index contributed by atoms with van der Waals surface area (Å²) in [5.41, 5.74) is 7.12. The van der Waals surface area contributed by atoms with Crippen molar-refractivity contribution < 1.29 is 18.6 Å². The molecule has 2 aromatic carbocycles. The van der Waals surface area contributed by atoms with Crippen LogP contribution in [0.25, 0.3) is 0 Å². The summed E-state index contributed by atoms with van der Waals surface area (Å²) in [4.78, 5) is 0. The maximum atomic E-state index is 13.8. The van der Waals surface area contributed by atoms with Crippen LogP contribution in [0.5, 0.6) is 17.2 Å². The fourth-order valence-electron chi connectivity index (χ4n) is 1.88. The van der Waals surface area contributed by atoms with Crippen molar-refractivity contribution in [3.63, 3.8) is 0 Å². The third-order valence-electron chi connectivity index (χ3n) is 3.00. The Hall–Kier alpha value is -2.63. The molecule has 2 rings (SSSR count). The monoisotopic (exact) mass is 292 g/mol. The highest BCUT2D eigenvalue weighted by molar-refractivity contribution is 5.77. The summed E-state index contributed by atoms with van der Waals surface area (Å²) in [6, 6.07) is 7.66. The van der Waals surface area contributed by atoms with Crippen LogP contribution in [-0.2, 0) is 0 Å². The van der Waals surface area contributed by atoms with Crippen LogP contribution < -0.4 is 25.3 Å².